The van der Waals surface area contributed by atoms with Gasteiger partial charge in [0, 0.05) is 47.0 Å². The summed E-state index contributed by atoms with van der Waals surface area (Å²) in [6.45, 7) is 0. The van der Waals surface area contributed by atoms with Crippen LogP contribution in [0.25, 0.3) is 0 Å². The van der Waals surface area contributed by atoms with E-state index in [0.717, 1.165) is 0 Å². The molecule has 0 spiro atoms. The Kier molecular flexibility index (Phi) is 33.1. The van der Waals surface area contributed by atoms with Crippen LogP contribution in [0.15, 0.2) is 179 Å². The Hall–Kier alpha value is -3.38. The van der Waals surface area contributed by atoms with Crippen LogP contribution >= 0.6 is 95.9 Å². The maximum Gasteiger partial charge on any atom is 2.00 e. The summed E-state index contributed by atoms with van der Waals surface area (Å²) >= 11 is 0. The Morgan fingerprint density at radius 2 is 0.706 bits per heavy atom. The van der Waals surface area contributed by atoms with Gasteiger partial charge in [0.1, 0.15) is 11.4 Å². The number of aromatic amines is 2. The van der Waals surface area contributed by atoms with Crippen molar-refractivity contribution in [2.75, 3.05) is 0 Å². The van der Waals surface area contributed by atoms with Gasteiger partial charge in [-0.15, -0.1) is 95.9 Å². The number of H-pyrrole nitrogens is 2. The largest absolute Gasteiger partial charge is 2.00 e. The molecule has 0 amide bonds. The molecule has 6 aromatic rings. The molecule has 0 atom stereocenters. The molecule has 17 heteroatoms. The molecular formula is C34H34FeI4N8O4. The molecule has 4 aromatic carbocycles. The van der Waals surface area contributed by atoms with Gasteiger partial charge in [-0.2, -0.15) is 0 Å². The molecule has 0 aliphatic rings. The second-order valence-corrected chi connectivity index (χ2v) is 8.76. The van der Waals surface area contributed by atoms with E-state index in [0.29, 0.717) is 22.3 Å². The van der Waals surface area contributed by atoms with Gasteiger partial charge in [0.2, 0.25) is 0 Å². The van der Waals surface area contributed by atoms with E-state index in [1.807, 2.05) is 24.3 Å². The Labute approximate surface area is 374 Å². The fourth-order valence-electron chi connectivity index (χ4n) is 3.76. The van der Waals surface area contributed by atoms with Crippen molar-refractivity contribution in [3.63, 3.8) is 0 Å². The molecule has 4 N–H and O–H groups in total. The van der Waals surface area contributed by atoms with E-state index in [2.05, 4.69) is 40.6 Å². The number of rotatable bonds is 6. The number of oxime groups is 2. The van der Waals surface area contributed by atoms with Gasteiger partial charge in [0.25, 0.3) is 0 Å². The zero-order valence-electron chi connectivity index (χ0n) is 26.4. The molecular weight excluding hydrogens is 1150 g/mol. The van der Waals surface area contributed by atoms with Gasteiger partial charge < -0.3 is 41.1 Å². The summed E-state index contributed by atoms with van der Waals surface area (Å²) in [7, 11) is 0. The Balaban J connectivity index is -0.000000657. The third-order valence-corrected chi connectivity index (χ3v) is 5.83. The van der Waals surface area contributed by atoms with Crippen molar-refractivity contribution in [3.05, 3.63) is 191 Å². The molecule has 51 heavy (non-hydrogen) atoms. The summed E-state index contributed by atoms with van der Waals surface area (Å²) in [5, 5.41) is 52.6. The van der Waals surface area contributed by atoms with Gasteiger partial charge in [0.15, 0.2) is 0 Å². The van der Waals surface area contributed by atoms with E-state index in [4.69, 9.17) is 10.4 Å². The summed E-state index contributed by atoms with van der Waals surface area (Å²) < 4.78 is 0. The summed E-state index contributed by atoms with van der Waals surface area (Å²) in [6.07, 6.45) is 10.2. The first-order chi connectivity index (χ1) is 22.7. The molecule has 6 rings (SSSR count). The Morgan fingerprint density at radius 1 is 0.451 bits per heavy atom. The summed E-state index contributed by atoms with van der Waals surface area (Å²) in [5.74, 6) is 0. The minimum atomic E-state index is 0. The number of hydrogen-bond donors (Lipinski definition) is 4. The number of benzene rings is 4. The Morgan fingerprint density at radius 3 is 0.863 bits per heavy atom. The van der Waals surface area contributed by atoms with Crippen LogP contribution in [0.4, 0.5) is 0 Å². The van der Waals surface area contributed by atoms with Crippen LogP contribution in [0.5, 0.6) is 0 Å². The van der Waals surface area contributed by atoms with Gasteiger partial charge in [-0.25, -0.2) is 9.97 Å². The first-order valence-corrected chi connectivity index (χ1v) is 13.7. The fourth-order valence-corrected chi connectivity index (χ4v) is 3.76. The molecule has 2 aromatic heterocycles. The standard InChI is InChI=1S/2C14H12N2O2.2C3H4N2.Fe.4HI/c2*17-15-13(11-7-3-1-4-8-11)14(16-18)12-9-5-2-6-10-12;2*1-2-5-3-4-1;;;;;/h2*1-10,17-18H;2*1-3H,(H,4,5);;4*1H/q;;;;+2;;;;/p-2/b15-13+,16-14?;15-13+,16-14+;;;;;;;. The zero-order chi connectivity index (χ0) is 32.7. The fraction of sp³-hybridized carbons (Fsp3) is 0. The van der Waals surface area contributed by atoms with E-state index in [9.17, 15) is 10.4 Å². The molecule has 0 fully saturated rings. The van der Waals surface area contributed by atoms with Crippen molar-refractivity contribution >= 4 is 119 Å². The normalized spacial score (nSPS) is 10.4. The van der Waals surface area contributed by atoms with Crippen molar-refractivity contribution in [2.45, 2.75) is 0 Å². The van der Waals surface area contributed by atoms with Crippen LogP contribution in [0.2, 0.25) is 0 Å². The average molecular weight is 1180 g/mol. The number of imidazole rings is 2. The number of halogens is 4. The molecule has 0 unspecified atom stereocenters. The monoisotopic (exact) mass is 1180 g/mol. The maximum absolute atomic E-state index is 11.0. The minimum absolute atomic E-state index is 0. The first-order valence-electron chi connectivity index (χ1n) is 13.7. The van der Waals surface area contributed by atoms with Crippen molar-refractivity contribution in [3.8, 4) is 0 Å². The van der Waals surface area contributed by atoms with Crippen molar-refractivity contribution in [1.82, 2.24) is 19.9 Å². The van der Waals surface area contributed by atoms with Crippen LogP contribution in [-0.2, 0) is 17.1 Å². The van der Waals surface area contributed by atoms with E-state index in [-0.39, 0.29) is 136 Å². The predicted molar refractivity (Wildman–Crippen MR) is 241 cm³/mol. The first kappa shape index (κ1) is 52.0. The van der Waals surface area contributed by atoms with Gasteiger partial charge in [-0.05, 0) is 0 Å². The van der Waals surface area contributed by atoms with Gasteiger partial charge >= 0.3 is 17.1 Å². The summed E-state index contributed by atoms with van der Waals surface area (Å²) in [6, 6.07) is 35.7. The molecule has 0 saturated carbocycles. The van der Waals surface area contributed by atoms with Crippen LogP contribution < -0.4 is 0 Å². The van der Waals surface area contributed by atoms with Crippen LogP contribution in [0, 0.1) is 10.4 Å². The van der Waals surface area contributed by atoms with E-state index in [1.54, 1.807) is 135 Å². The van der Waals surface area contributed by atoms with E-state index < -0.39 is 0 Å². The van der Waals surface area contributed by atoms with Crippen LogP contribution in [0.3, 0.4) is 0 Å². The molecule has 12 nitrogen and oxygen atoms in total. The van der Waals surface area contributed by atoms with E-state index >= 15 is 0 Å². The van der Waals surface area contributed by atoms with Crippen molar-refractivity contribution < 1.29 is 27.5 Å². The second kappa shape index (κ2) is 32.5. The van der Waals surface area contributed by atoms with Gasteiger partial charge in [-0.1, -0.05) is 132 Å². The van der Waals surface area contributed by atoms with Crippen LogP contribution in [-0.4, -0.2) is 53.2 Å². The van der Waals surface area contributed by atoms with E-state index in [1.165, 1.54) is 0 Å². The topological polar surface area (TPSA) is 193 Å². The third-order valence-electron chi connectivity index (χ3n) is 5.83. The van der Waals surface area contributed by atoms with Crippen molar-refractivity contribution in [2.24, 2.45) is 20.6 Å². The van der Waals surface area contributed by atoms with Gasteiger partial charge in [0.05, 0.1) is 24.1 Å². The van der Waals surface area contributed by atoms with Crippen molar-refractivity contribution in [1.29, 1.82) is 0 Å². The Bertz CT molecular complexity index is 1500. The second-order valence-electron chi connectivity index (χ2n) is 8.76. The molecule has 2 heterocycles. The molecule has 0 aliphatic heterocycles. The summed E-state index contributed by atoms with van der Waals surface area (Å²) in [5.41, 5.74) is 3.06. The molecule has 270 valence electrons. The molecule has 0 bridgehead atoms. The number of nitrogens with zero attached hydrogens (tertiary/aromatic N) is 6. The predicted octanol–water partition coefficient (Wildman–Crippen LogP) is 8.99. The maximum atomic E-state index is 11.0. The molecule has 0 aliphatic carbocycles. The summed E-state index contributed by atoms with van der Waals surface area (Å²) in [4.78, 5) is 12.8. The smallest absolute Gasteiger partial charge is 0.791 e. The van der Waals surface area contributed by atoms with Gasteiger partial charge in [-0.3, -0.25) is 0 Å². The molecule has 0 radical (unpaired) electrons. The van der Waals surface area contributed by atoms with Crippen LogP contribution in [0.1, 0.15) is 22.3 Å². The average Bonchev–Trinajstić information content (AvgIpc) is 3.92. The minimum Gasteiger partial charge on any atom is -0.791 e. The third kappa shape index (κ3) is 18.6. The number of aromatic nitrogens is 4. The number of nitrogens with one attached hydrogen (secondary N) is 2. The SMILES string of the molecule is I.I.I.I.[Fe+2].[O-]/N=C(/C(=N/O)c1ccccc1)c1ccccc1.[O-]N=C(/C(=N/O)c1ccccc1)c1ccccc1.c1c[nH]cn1.c1c[nH]cn1. The quantitative estimate of drug-likeness (QED) is 0.0423. The molecule has 0 saturated heterocycles. The number of hydrogen-bond acceptors (Lipinski definition) is 10. The zero-order valence-corrected chi connectivity index (χ0v) is 36.8.